The number of hydrogen-bond acceptors (Lipinski definition) is 3. The highest BCUT2D eigenvalue weighted by Crippen LogP contribution is 2.37. The Balaban J connectivity index is 2.28. The van der Waals surface area contributed by atoms with Gasteiger partial charge in [0.05, 0.1) is 10.9 Å². The van der Waals surface area contributed by atoms with E-state index in [-0.39, 0.29) is 6.17 Å². The van der Waals surface area contributed by atoms with E-state index in [1.807, 2.05) is 17.8 Å². The second-order valence-electron chi connectivity index (χ2n) is 4.89. The molecule has 0 radical (unpaired) electrons. The predicted molar refractivity (Wildman–Crippen MR) is 84.2 cm³/mol. The first-order valence-electron chi connectivity index (χ1n) is 6.73. The van der Waals surface area contributed by atoms with Gasteiger partial charge >= 0.3 is 0 Å². The zero-order valence-electron chi connectivity index (χ0n) is 11.7. The average Bonchev–Trinajstić information content (AvgIpc) is 2.77. The molecule has 1 aromatic carbocycles. The van der Waals surface area contributed by atoms with Crippen molar-refractivity contribution in [3.63, 3.8) is 0 Å². The predicted octanol–water partition coefficient (Wildman–Crippen LogP) is 4.09. The van der Waals surface area contributed by atoms with E-state index < -0.39 is 0 Å². The molecule has 0 aliphatic carbocycles. The van der Waals surface area contributed by atoms with E-state index in [0.29, 0.717) is 11.8 Å². The highest BCUT2D eigenvalue weighted by molar-refractivity contribution is 8.03. The molecule has 19 heavy (non-hydrogen) atoms. The third-order valence-electron chi connectivity index (χ3n) is 3.21. The van der Waals surface area contributed by atoms with Gasteiger partial charge < -0.3 is 10.2 Å². The second-order valence-corrected chi connectivity index (χ2v) is 6.26. The number of rotatable bonds is 5. The molecule has 104 valence electrons. The number of thioether (sulfide) groups is 1. The Morgan fingerprint density at radius 3 is 2.53 bits per heavy atom. The molecular formula is C15H21ClN2S. The van der Waals surface area contributed by atoms with Crippen LogP contribution >= 0.6 is 23.4 Å². The lowest BCUT2D eigenvalue weighted by Crippen LogP contribution is -2.38. The molecule has 1 aliphatic heterocycles. The van der Waals surface area contributed by atoms with Gasteiger partial charge in [0, 0.05) is 17.1 Å². The molecule has 0 aromatic heterocycles. The number of benzene rings is 1. The van der Waals surface area contributed by atoms with Crippen LogP contribution in [0.25, 0.3) is 0 Å². The zero-order chi connectivity index (χ0) is 13.8. The third-order valence-corrected chi connectivity index (χ3v) is 4.66. The summed E-state index contributed by atoms with van der Waals surface area (Å²) in [6, 6.07) is 10.5. The van der Waals surface area contributed by atoms with Crippen LogP contribution in [0.5, 0.6) is 0 Å². The summed E-state index contributed by atoms with van der Waals surface area (Å²) in [5.74, 6) is 1.08. The molecule has 1 N–H and O–H groups in total. The smallest absolute Gasteiger partial charge is 0.113 e. The summed E-state index contributed by atoms with van der Waals surface area (Å²) in [4.78, 5) is 3.63. The highest BCUT2D eigenvalue weighted by Gasteiger charge is 2.31. The number of alkyl halides is 1. The Kier molecular flexibility index (Phi) is 5.06. The summed E-state index contributed by atoms with van der Waals surface area (Å²) < 4.78 is 0. The minimum absolute atomic E-state index is 0.218. The first-order valence-corrected chi connectivity index (χ1v) is 8.08. The van der Waals surface area contributed by atoms with Crippen molar-refractivity contribution in [3.05, 3.63) is 41.1 Å². The number of hydrogen-bond donors (Lipinski definition) is 1. The Hall–Kier alpha value is -0.800. The molecule has 0 spiro atoms. The maximum absolute atomic E-state index is 6.08. The van der Waals surface area contributed by atoms with Crippen LogP contribution in [0.1, 0.15) is 20.8 Å². The van der Waals surface area contributed by atoms with Gasteiger partial charge in [-0.1, -0.05) is 43.8 Å². The van der Waals surface area contributed by atoms with E-state index in [2.05, 4.69) is 55.3 Å². The number of halogens is 1. The van der Waals surface area contributed by atoms with Crippen LogP contribution in [0.15, 0.2) is 46.0 Å². The van der Waals surface area contributed by atoms with Gasteiger partial charge in [-0.3, -0.25) is 0 Å². The van der Waals surface area contributed by atoms with E-state index in [0.717, 1.165) is 6.54 Å². The van der Waals surface area contributed by atoms with E-state index in [4.69, 9.17) is 11.6 Å². The van der Waals surface area contributed by atoms with Crippen molar-refractivity contribution >= 4 is 23.4 Å². The molecule has 1 aromatic rings. The largest absolute Gasteiger partial charge is 0.365 e. The van der Waals surface area contributed by atoms with Crippen molar-refractivity contribution < 1.29 is 0 Å². The summed E-state index contributed by atoms with van der Waals surface area (Å²) in [7, 11) is 0. The number of nitrogens with zero attached hydrogens (tertiary/aromatic N) is 1. The van der Waals surface area contributed by atoms with Crippen LogP contribution in [0, 0.1) is 5.92 Å². The minimum Gasteiger partial charge on any atom is -0.365 e. The molecule has 4 heteroatoms. The van der Waals surface area contributed by atoms with Crippen molar-refractivity contribution in [1.82, 2.24) is 10.2 Å². The molecule has 0 saturated heterocycles. The van der Waals surface area contributed by atoms with Crippen molar-refractivity contribution in [2.45, 2.75) is 31.8 Å². The summed E-state index contributed by atoms with van der Waals surface area (Å²) >= 11 is 7.90. The van der Waals surface area contributed by atoms with Gasteiger partial charge in [0.2, 0.25) is 0 Å². The van der Waals surface area contributed by atoms with Gasteiger partial charge in [0.1, 0.15) is 6.17 Å². The van der Waals surface area contributed by atoms with Crippen molar-refractivity contribution in [2.75, 3.05) is 12.4 Å². The first-order chi connectivity index (χ1) is 9.17. The van der Waals surface area contributed by atoms with Gasteiger partial charge in [-0.2, -0.15) is 0 Å². The quantitative estimate of drug-likeness (QED) is 0.824. The van der Waals surface area contributed by atoms with E-state index in [1.165, 1.54) is 15.6 Å². The second kappa shape index (κ2) is 6.58. The average molecular weight is 297 g/mol. The van der Waals surface area contributed by atoms with E-state index in [9.17, 15) is 0 Å². The lowest BCUT2D eigenvalue weighted by Gasteiger charge is -2.25. The molecule has 0 fully saturated rings. The summed E-state index contributed by atoms with van der Waals surface area (Å²) in [6.07, 6.45) is 0.218. The van der Waals surface area contributed by atoms with Crippen molar-refractivity contribution in [1.29, 1.82) is 0 Å². The molecule has 1 unspecified atom stereocenters. The van der Waals surface area contributed by atoms with E-state index >= 15 is 0 Å². The first kappa shape index (κ1) is 14.6. The molecule has 0 amide bonds. The Bertz CT molecular complexity index is 445. The minimum atomic E-state index is 0.218. The molecule has 1 atom stereocenters. The number of nitrogens with one attached hydrogen (secondary N) is 1. The number of allylic oxidation sites excluding steroid dienone is 1. The fourth-order valence-corrected chi connectivity index (χ4v) is 3.77. The van der Waals surface area contributed by atoms with Crippen molar-refractivity contribution in [2.24, 2.45) is 5.92 Å². The molecular weight excluding hydrogens is 276 g/mol. The normalized spacial score (nSPS) is 19.2. The van der Waals surface area contributed by atoms with Crippen LogP contribution in [-0.2, 0) is 0 Å². The van der Waals surface area contributed by atoms with Crippen LogP contribution in [0.4, 0.5) is 0 Å². The summed E-state index contributed by atoms with van der Waals surface area (Å²) in [5, 5.41) is 4.88. The van der Waals surface area contributed by atoms with Crippen LogP contribution in [-0.4, -0.2) is 23.5 Å². The molecule has 2 nitrogen and oxygen atoms in total. The lowest BCUT2D eigenvalue weighted by atomic mass is 10.1. The molecule has 1 aliphatic rings. The maximum atomic E-state index is 6.08. The highest BCUT2D eigenvalue weighted by atomic mass is 35.5. The van der Waals surface area contributed by atoms with Gasteiger partial charge in [-0.15, -0.1) is 11.6 Å². The van der Waals surface area contributed by atoms with Crippen molar-refractivity contribution in [3.8, 4) is 0 Å². The van der Waals surface area contributed by atoms with Crippen LogP contribution in [0.2, 0.25) is 0 Å². The summed E-state index contributed by atoms with van der Waals surface area (Å²) in [5.41, 5.74) is 1.31. The Morgan fingerprint density at radius 1 is 1.32 bits per heavy atom. The monoisotopic (exact) mass is 296 g/mol. The SMILES string of the molecule is CCN1C(Sc2ccccc2)=C(C(C)C)NC1CCl. The zero-order valence-corrected chi connectivity index (χ0v) is 13.3. The molecule has 0 bridgehead atoms. The lowest BCUT2D eigenvalue weighted by molar-refractivity contribution is 0.307. The van der Waals surface area contributed by atoms with Gasteiger partial charge in [-0.05, 0) is 25.0 Å². The summed E-state index contributed by atoms with van der Waals surface area (Å²) in [6.45, 7) is 7.59. The topological polar surface area (TPSA) is 15.3 Å². The van der Waals surface area contributed by atoms with Gasteiger partial charge in [0.15, 0.2) is 0 Å². The van der Waals surface area contributed by atoms with Crippen LogP contribution in [0.3, 0.4) is 0 Å². The Labute approximate surface area is 125 Å². The molecule has 2 rings (SSSR count). The molecule has 0 saturated carbocycles. The fourth-order valence-electron chi connectivity index (χ4n) is 2.23. The van der Waals surface area contributed by atoms with Gasteiger partial charge in [0.25, 0.3) is 0 Å². The molecule has 1 heterocycles. The third kappa shape index (κ3) is 3.21. The standard InChI is InChI=1S/C15H21ClN2S/c1-4-18-13(10-16)17-14(11(2)3)15(18)19-12-8-6-5-7-9-12/h5-9,11,13,17H,4,10H2,1-3H3. The van der Waals surface area contributed by atoms with Crippen LogP contribution < -0.4 is 5.32 Å². The van der Waals surface area contributed by atoms with E-state index in [1.54, 1.807) is 0 Å². The van der Waals surface area contributed by atoms with Gasteiger partial charge in [-0.25, -0.2) is 0 Å². The maximum Gasteiger partial charge on any atom is 0.113 e. The Morgan fingerprint density at radius 2 is 2.00 bits per heavy atom. The fraction of sp³-hybridized carbons (Fsp3) is 0.467.